The van der Waals surface area contributed by atoms with Crippen molar-refractivity contribution in [3.05, 3.63) is 35.8 Å². The lowest BCUT2D eigenvalue weighted by Crippen LogP contribution is -2.81. The van der Waals surface area contributed by atoms with Gasteiger partial charge >= 0.3 is 35.8 Å². The number of allylic oxidation sites excluding steroid dienone is 1. The maximum Gasteiger partial charge on any atom is 0.333 e. The molecular formula is C42H56O14. The third-order valence-corrected chi connectivity index (χ3v) is 14.6. The summed E-state index contributed by atoms with van der Waals surface area (Å²) < 4.78 is 49.8. The van der Waals surface area contributed by atoms with Crippen molar-refractivity contribution in [2.24, 2.45) is 39.4 Å². The van der Waals surface area contributed by atoms with Gasteiger partial charge in [0.1, 0.15) is 41.5 Å². The minimum absolute atomic E-state index is 0.0105. The van der Waals surface area contributed by atoms with Crippen LogP contribution in [-0.2, 0) is 61.9 Å². The second kappa shape index (κ2) is 14.0. The average Bonchev–Trinajstić information content (AvgIpc) is 3.47. The largest absolute Gasteiger partial charge is 0.472 e. The third-order valence-electron chi connectivity index (χ3n) is 14.6. The number of carbonyl (C=O) groups excluding carboxylic acids is 6. The van der Waals surface area contributed by atoms with Gasteiger partial charge in [0.2, 0.25) is 0 Å². The Kier molecular flexibility index (Phi) is 10.4. The van der Waals surface area contributed by atoms with E-state index in [9.17, 15) is 28.8 Å². The van der Waals surface area contributed by atoms with Crippen molar-refractivity contribution in [2.75, 3.05) is 7.11 Å². The van der Waals surface area contributed by atoms with E-state index in [-0.39, 0.29) is 18.8 Å². The Balaban J connectivity index is 1.72. The Morgan fingerprint density at radius 3 is 1.96 bits per heavy atom. The summed E-state index contributed by atoms with van der Waals surface area (Å²) in [6.07, 6.45) is -0.967. The van der Waals surface area contributed by atoms with Gasteiger partial charge in [0, 0.05) is 60.8 Å². The van der Waals surface area contributed by atoms with Crippen molar-refractivity contribution >= 4 is 35.8 Å². The Hall–Kier alpha value is -4.20. The minimum atomic E-state index is -1.62. The summed E-state index contributed by atoms with van der Waals surface area (Å²) in [5.41, 5.74) is -5.39. The van der Waals surface area contributed by atoms with Gasteiger partial charge in [0.15, 0.2) is 0 Å². The highest BCUT2D eigenvalue weighted by atomic mass is 16.6. The van der Waals surface area contributed by atoms with Gasteiger partial charge in [-0.2, -0.15) is 0 Å². The summed E-state index contributed by atoms with van der Waals surface area (Å²) in [6, 6.07) is 1.85. The molecule has 6 rings (SSSR count). The molecule has 5 fully saturated rings. The van der Waals surface area contributed by atoms with Crippen molar-refractivity contribution in [1.29, 1.82) is 0 Å². The van der Waals surface area contributed by atoms with E-state index in [0.29, 0.717) is 12.0 Å². The highest BCUT2D eigenvalue weighted by Gasteiger charge is 2.93. The number of carbonyl (C=O) groups is 6. The van der Waals surface area contributed by atoms with Crippen LogP contribution in [0.1, 0.15) is 107 Å². The molecule has 1 spiro atoms. The first-order chi connectivity index (χ1) is 26.1. The van der Waals surface area contributed by atoms with Crippen molar-refractivity contribution in [3.8, 4) is 0 Å². The first-order valence-electron chi connectivity index (χ1n) is 19.5. The predicted molar refractivity (Wildman–Crippen MR) is 195 cm³/mol. The van der Waals surface area contributed by atoms with Crippen LogP contribution in [0.3, 0.4) is 0 Å². The maximum absolute atomic E-state index is 14.3. The summed E-state index contributed by atoms with van der Waals surface area (Å²) in [7, 11) is 1.24. The van der Waals surface area contributed by atoms with E-state index in [2.05, 4.69) is 0 Å². The van der Waals surface area contributed by atoms with Crippen LogP contribution in [0.15, 0.2) is 34.7 Å². The molecule has 14 unspecified atom stereocenters. The molecular weight excluding hydrogens is 728 g/mol. The smallest absolute Gasteiger partial charge is 0.333 e. The molecule has 0 amide bonds. The summed E-state index contributed by atoms with van der Waals surface area (Å²) in [5, 5.41) is 0. The Labute approximate surface area is 327 Å². The topological polar surface area (TPSA) is 183 Å². The molecule has 0 aromatic carbocycles. The fourth-order valence-electron chi connectivity index (χ4n) is 12.2. The summed E-state index contributed by atoms with van der Waals surface area (Å²) in [5.74, 6) is -6.65. The van der Waals surface area contributed by atoms with Crippen LogP contribution in [0.4, 0.5) is 0 Å². The molecule has 0 N–H and O–H groups in total. The summed E-state index contributed by atoms with van der Waals surface area (Å²) >= 11 is 0. The SMILES string of the molecule is CC=C(C)C(=O)OC1CC(OC(C)=O)C(C)(C(=O)OC)C2CC(OC(C)=O)C3(C)C(C(OC(C)=O)C(OC(=O)C(C)C)C4(C)C(c5ccoc5)CC5OC543)C12C. The zero-order valence-corrected chi connectivity index (χ0v) is 34.4. The highest BCUT2D eigenvalue weighted by Crippen LogP contribution is 2.83. The molecule has 308 valence electrons. The zero-order chi connectivity index (χ0) is 41.5. The number of hydrogen-bond donors (Lipinski definition) is 0. The van der Waals surface area contributed by atoms with E-state index in [4.69, 9.17) is 37.6 Å². The van der Waals surface area contributed by atoms with E-state index in [0.717, 1.165) is 5.56 Å². The minimum Gasteiger partial charge on any atom is -0.472 e. The quantitative estimate of drug-likeness (QED) is 0.134. The number of methoxy groups -OCH3 is 1. The van der Waals surface area contributed by atoms with Gasteiger partial charge < -0.3 is 37.6 Å². The van der Waals surface area contributed by atoms with Crippen LogP contribution in [0.2, 0.25) is 0 Å². The van der Waals surface area contributed by atoms with Crippen molar-refractivity contribution in [1.82, 2.24) is 0 Å². The third kappa shape index (κ3) is 5.58. The number of esters is 6. The molecule has 14 nitrogen and oxygen atoms in total. The average molecular weight is 785 g/mol. The molecule has 1 aromatic heterocycles. The van der Waals surface area contributed by atoms with Crippen LogP contribution in [0, 0.1) is 39.4 Å². The molecule has 1 aromatic rings. The lowest BCUT2D eigenvalue weighted by molar-refractivity contribution is -0.330. The molecule has 14 heteroatoms. The number of epoxide rings is 1. The molecule has 0 radical (unpaired) electrons. The first kappa shape index (κ1) is 41.4. The molecule has 4 aliphatic carbocycles. The molecule has 56 heavy (non-hydrogen) atoms. The second-order valence-electron chi connectivity index (χ2n) is 17.5. The summed E-state index contributed by atoms with van der Waals surface area (Å²) in [6.45, 7) is 17.9. The van der Waals surface area contributed by atoms with Crippen LogP contribution >= 0.6 is 0 Å². The van der Waals surface area contributed by atoms with Crippen LogP contribution in [0.5, 0.6) is 0 Å². The van der Waals surface area contributed by atoms with E-state index < -0.39 is 117 Å². The maximum atomic E-state index is 14.3. The van der Waals surface area contributed by atoms with Gasteiger partial charge in [-0.1, -0.05) is 40.7 Å². The summed E-state index contributed by atoms with van der Waals surface area (Å²) in [4.78, 5) is 81.6. The molecule has 1 saturated heterocycles. The Morgan fingerprint density at radius 1 is 0.804 bits per heavy atom. The van der Waals surface area contributed by atoms with Gasteiger partial charge in [-0.3, -0.25) is 24.0 Å². The van der Waals surface area contributed by atoms with Gasteiger partial charge in [0.25, 0.3) is 0 Å². The Morgan fingerprint density at radius 2 is 1.43 bits per heavy atom. The lowest BCUT2D eigenvalue weighted by atomic mass is 9.33. The van der Waals surface area contributed by atoms with Crippen molar-refractivity contribution < 1.29 is 66.3 Å². The van der Waals surface area contributed by atoms with Crippen LogP contribution in [0.25, 0.3) is 0 Å². The number of furan rings is 1. The number of rotatable bonds is 9. The van der Waals surface area contributed by atoms with Gasteiger partial charge in [-0.05, 0) is 51.2 Å². The fraction of sp³-hybridized carbons (Fsp3) is 0.714. The second-order valence-corrected chi connectivity index (χ2v) is 17.5. The molecule has 14 atom stereocenters. The van der Waals surface area contributed by atoms with Gasteiger partial charge in [-0.15, -0.1) is 0 Å². The highest BCUT2D eigenvalue weighted by molar-refractivity contribution is 5.88. The van der Waals surface area contributed by atoms with Gasteiger partial charge in [0.05, 0.1) is 31.7 Å². The van der Waals surface area contributed by atoms with Crippen LogP contribution < -0.4 is 0 Å². The molecule has 2 heterocycles. The van der Waals surface area contributed by atoms with E-state index >= 15 is 0 Å². The van der Waals surface area contributed by atoms with Crippen molar-refractivity contribution in [3.63, 3.8) is 0 Å². The van der Waals surface area contributed by atoms with Crippen molar-refractivity contribution in [2.45, 2.75) is 144 Å². The van der Waals surface area contributed by atoms with E-state index in [1.165, 1.54) is 27.9 Å². The van der Waals surface area contributed by atoms with Crippen LogP contribution in [-0.4, -0.2) is 85.2 Å². The normalized spacial score (nSPS) is 42.2. The predicted octanol–water partition coefficient (Wildman–Crippen LogP) is 5.40. The van der Waals surface area contributed by atoms with E-state index in [1.807, 2.05) is 26.8 Å². The lowest BCUT2D eigenvalue weighted by Gasteiger charge is -2.72. The van der Waals surface area contributed by atoms with E-state index in [1.54, 1.807) is 53.2 Å². The molecule has 4 saturated carbocycles. The Bertz CT molecular complexity index is 1820. The number of hydrogen-bond acceptors (Lipinski definition) is 14. The monoisotopic (exact) mass is 784 g/mol. The molecule has 5 aliphatic rings. The fourth-order valence-corrected chi connectivity index (χ4v) is 12.2. The van der Waals surface area contributed by atoms with Gasteiger partial charge in [-0.25, -0.2) is 4.79 Å². The molecule has 0 bridgehead atoms. The zero-order valence-electron chi connectivity index (χ0n) is 34.4. The molecule has 1 aliphatic heterocycles. The first-order valence-corrected chi connectivity index (χ1v) is 19.5. The standard InChI is InChI=1S/C42H56O14/c1-13-21(4)36(47)54-28-18-29(51-22(5)43)39(9,37(48)49-12)27-17-30(52-23(6)44)41(11)33(38(27,28)8)32(53-24(7)45)34(55-35(46)20(2)3)40(10)26(25-14-15-50-19-25)16-31-42(40,41)56-31/h13-15,19-20,26-34H,16-18H2,1-12H3. The number of fused-ring (bicyclic) bond motifs is 3. The number of ether oxygens (including phenoxy) is 7.